The van der Waals surface area contributed by atoms with E-state index in [1.54, 1.807) is 0 Å². The van der Waals surface area contributed by atoms with Gasteiger partial charge in [0.1, 0.15) is 0 Å². The quantitative estimate of drug-likeness (QED) is 0.731. The standard InChI is InChI=1S/C12H15N3O/c16-12-8-15(9-5-6-13-7-9)11-4-2-1-3-10(11)14-12/h1-4,9,13H,5-8H2,(H,14,16)/t9-/m0/s1. The molecule has 0 bridgehead atoms. The van der Waals surface area contributed by atoms with Crippen LogP contribution in [0.1, 0.15) is 6.42 Å². The second kappa shape index (κ2) is 3.79. The Hall–Kier alpha value is -1.55. The number of carbonyl (C=O) groups excluding carboxylic acids is 1. The zero-order valence-electron chi connectivity index (χ0n) is 9.07. The van der Waals surface area contributed by atoms with E-state index in [9.17, 15) is 4.79 Å². The monoisotopic (exact) mass is 217 g/mol. The Balaban J connectivity index is 1.96. The number of anilines is 2. The summed E-state index contributed by atoms with van der Waals surface area (Å²) < 4.78 is 0. The smallest absolute Gasteiger partial charge is 0.243 e. The summed E-state index contributed by atoms with van der Waals surface area (Å²) in [7, 11) is 0. The Kier molecular flexibility index (Phi) is 2.29. The minimum Gasteiger partial charge on any atom is -0.356 e. The maximum Gasteiger partial charge on any atom is 0.243 e. The van der Waals surface area contributed by atoms with Gasteiger partial charge in [0, 0.05) is 12.6 Å². The van der Waals surface area contributed by atoms with Crippen LogP contribution < -0.4 is 15.5 Å². The van der Waals surface area contributed by atoms with Gasteiger partial charge in [-0.3, -0.25) is 4.79 Å². The van der Waals surface area contributed by atoms with Crippen LogP contribution in [0.2, 0.25) is 0 Å². The molecule has 0 saturated carbocycles. The number of para-hydroxylation sites is 2. The lowest BCUT2D eigenvalue weighted by Gasteiger charge is -2.35. The number of amides is 1. The van der Waals surface area contributed by atoms with Crippen LogP contribution in [-0.2, 0) is 4.79 Å². The number of nitrogens with zero attached hydrogens (tertiary/aromatic N) is 1. The van der Waals surface area contributed by atoms with Crippen molar-refractivity contribution in [3.63, 3.8) is 0 Å². The van der Waals surface area contributed by atoms with Crippen LogP contribution >= 0.6 is 0 Å². The normalized spacial score (nSPS) is 24.1. The summed E-state index contributed by atoms with van der Waals surface area (Å²) in [5.74, 6) is 0.0885. The van der Waals surface area contributed by atoms with Crippen LogP contribution in [-0.4, -0.2) is 31.6 Å². The molecule has 0 spiro atoms. The highest BCUT2D eigenvalue weighted by Gasteiger charge is 2.29. The predicted octanol–water partition coefficient (Wildman–Crippen LogP) is 0.807. The van der Waals surface area contributed by atoms with E-state index in [-0.39, 0.29) is 5.91 Å². The van der Waals surface area contributed by atoms with E-state index in [1.807, 2.05) is 18.2 Å². The third-order valence-electron chi connectivity index (χ3n) is 3.28. The van der Waals surface area contributed by atoms with Crippen molar-refractivity contribution in [3.05, 3.63) is 24.3 Å². The molecule has 1 aromatic rings. The fourth-order valence-corrected chi connectivity index (χ4v) is 2.49. The molecule has 0 unspecified atom stereocenters. The fourth-order valence-electron chi connectivity index (χ4n) is 2.49. The average Bonchev–Trinajstić information content (AvgIpc) is 2.81. The van der Waals surface area contributed by atoms with E-state index in [1.165, 1.54) is 0 Å². The highest BCUT2D eigenvalue weighted by Crippen LogP contribution is 2.31. The van der Waals surface area contributed by atoms with Crippen LogP contribution in [0.15, 0.2) is 24.3 Å². The van der Waals surface area contributed by atoms with Crippen molar-refractivity contribution in [2.24, 2.45) is 0 Å². The van der Waals surface area contributed by atoms with Crippen LogP contribution in [0, 0.1) is 0 Å². The van der Waals surface area contributed by atoms with E-state index in [2.05, 4.69) is 21.6 Å². The molecule has 4 heteroatoms. The van der Waals surface area contributed by atoms with Gasteiger partial charge in [0.2, 0.25) is 5.91 Å². The molecule has 1 atom stereocenters. The number of hydrogen-bond donors (Lipinski definition) is 2. The number of nitrogens with one attached hydrogen (secondary N) is 2. The third kappa shape index (κ3) is 1.55. The molecular formula is C12H15N3O. The maximum absolute atomic E-state index is 11.6. The second-order valence-corrected chi connectivity index (χ2v) is 4.34. The molecule has 2 aliphatic heterocycles. The minimum absolute atomic E-state index is 0.0885. The lowest BCUT2D eigenvalue weighted by molar-refractivity contribution is -0.115. The summed E-state index contributed by atoms with van der Waals surface area (Å²) >= 11 is 0. The largest absolute Gasteiger partial charge is 0.356 e. The second-order valence-electron chi connectivity index (χ2n) is 4.34. The lowest BCUT2D eigenvalue weighted by atomic mass is 10.1. The molecule has 1 saturated heterocycles. The Morgan fingerprint density at radius 2 is 2.19 bits per heavy atom. The maximum atomic E-state index is 11.6. The van der Waals surface area contributed by atoms with Crippen LogP contribution in [0.3, 0.4) is 0 Å². The van der Waals surface area contributed by atoms with Gasteiger partial charge in [0.25, 0.3) is 0 Å². The van der Waals surface area contributed by atoms with Gasteiger partial charge in [-0.25, -0.2) is 0 Å². The van der Waals surface area contributed by atoms with Gasteiger partial charge in [-0.05, 0) is 25.1 Å². The molecule has 1 amide bonds. The van der Waals surface area contributed by atoms with Gasteiger partial charge < -0.3 is 15.5 Å². The Morgan fingerprint density at radius 1 is 1.31 bits per heavy atom. The fraction of sp³-hybridized carbons (Fsp3) is 0.417. The highest BCUT2D eigenvalue weighted by atomic mass is 16.2. The Labute approximate surface area is 94.6 Å². The number of rotatable bonds is 1. The molecule has 0 aliphatic carbocycles. The topological polar surface area (TPSA) is 44.4 Å². The lowest BCUT2D eigenvalue weighted by Crippen LogP contribution is -2.45. The van der Waals surface area contributed by atoms with E-state index in [0.29, 0.717) is 12.6 Å². The van der Waals surface area contributed by atoms with Gasteiger partial charge >= 0.3 is 0 Å². The molecular weight excluding hydrogens is 202 g/mol. The predicted molar refractivity (Wildman–Crippen MR) is 63.7 cm³/mol. The first-order valence-electron chi connectivity index (χ1n) is 5.71. The Bertz CT molecular complexity index is 412. The van der Waals surface area contributed by atoms with Gasteiger partial charge in [-0.1, -0.05) is 12.1 Å². The molecule has 4 nitrogen and oxygen atoms in total. The van der Waals surface area contributed by atoms with Gasteiger partial charge in [0.05, 0.1) is 17.9 Å². The van der Waals surface area contributed by atoms with Crippen molar-refractivity contribution >= 4 is 17.3 Å². The molecule has 0 radical (unpaired) electrons. The van der Waals surface area contributed by atoms with Crippen LogP contribution in [0.5, 0.6) is 0 Å². The minimum atomic E-state index is 0.0885. The van der Waals surface area contributed by atoms with Crippen LogP contribution in [0.25, 0.3) is 0 Å². The molecule has 2 heterocycles. The summed E-state index contributed by atoms with van der Waals surface area (Å²) in [4.78, 5) is 13.8. The van der Waals surface area contributed by atoms with Crippen molar-refractivity contribution in [2.75, 3.05) is 29.9 Å². The molecule has 1 fully saturated rings. The third-order valence-corrected chi connectivity index (χ3v) is 3.28. The number of carbonyl (C=O) groups is 1. The van der Waals surface area contributed by atoms with Crippen molar-refractivity contribution < 1.29 is 4.79 Å². The molecule has 2 aliphatic rings. The molecule has 3 rings (SSSR count). The summed E-state index contributed by atoms with van der Waals surface area (Å²) in [6.45, 7) is 2.50. The first-order chi connectivity index (χ1) is 7.84. The summed E-state index contributed by atoms with van der Waals surface area (Å²) in [6.07, 6.45) is 1.11. The van der Waals surface area contributed by atoms with Crippen LogP contribution in [0.4, 0.5) is 11.4 Å². The molecule has 84 valence electrons. The SMILES string of the molecule is O=C1CN([C@H]2CCNC2)c2ccccc2N1. The van der Waals surface area contributed by atoms with E-state index in [0.717, 1.165) is 30.9 Å². The molecule has 1 aromatic carbocycles. The molecule has 16 heavy (non-hydrogen) atoms. The Morgan fingerprint density at radius 3 is 3.00 bits per heavy atom. The van der Waals surface area contributed by atoms with Gasteiger partial charge in [-0.15, -0.1) is 0 Å². The van der Waals surface area contributed by atoms with Crippen molar-refractivity contribution in [2.45, 2.75) is 12.5 Å². The number of benzene rings is 1. The summed E-state index contributed by atoms with van der Waals surface area (Å²) in [6, 6.07) is 8.46. The van der Waals surface area contributed by atoms with Crippen molar-refractivity contribution in [1.29, 1.82) is 0 Å². The first-order valence-corrected chi connectivity index (χ1v) is 5.71. The summed E-state index contributed by atoms with van der Waals surface area (Å²) in [5, 5.41) is 6.25. The zero-order valence-corrected chi connectivity index (χ0v) is 9.07. The van der Waals surface area contributed by atoms with E-state index in [4.69, 9.17) is 0 Å². The number of hydrogen-bond acceptors (Lipinski definition) is 3. The first kappa shape index (κ1) is 9.66. The van der Waals surface area contributed by atoms with Crippen molar-refractivity contribution in [1.82, 2.24) is 5.32 Å². The van der Waals surface area contributed by atoms with E-state index >= 15 is 0 Å². The van der Waals surface area contributed by atoms with E-state index < -0.39 is 0 Å². The average molecular weight is 217 g/mol. The van der Waals surface area contributed by atoms with Gasteiger partial charge in [-0.2, -0.15) is 0 Å². The molecule has 2 N–H and O–H groups in total. The number of fused-ring (bicyclic) bond motifs is 1. The summed E-state index contributed by atoms with van der Waals surface area (Å²) in [5.41, 5.74) is 2.08. The van der Waals surface area contributed by atoms with Crippen molar-refractivity contribution in [3.8, 4) is 0 Å². The van der Waals surface area contributed by atoms with Gasteiger partial charge in [0.15, 0.2) is 0 Å². The highest BCUT2D eigenvalue weighted by molar-refractivity contribution is 6.01. The zero-order chi connectivity index (χ0) is 11.0. The molecule has 0 aromatic heterocycles.